The highest BCUT2D eigenvalue weighted by molar-refractivity contribution is 5.52. The summed E-state index contributed by atoms with van der Waals surface area (Å²) in [7, 11) is 0. The lowest BCUT2D eigenvalue weighted by Gasteiger charge is -2.33. The van der Waals surface area contributed by atoms with Gasteiger partial charge in [-0.2, -0.15) is 5.26 Å². The number of non-ortho nitro benzene ring substituents is 1. The minimum absolute atomic E-state index is 0.232. The summed E-state index contributed by atoms with van der Waals surface area (Å²) in [4.78, 5) is 13.2. The van der Waals surface area contributed by atoms with Crippen LogP contribution in [0.3, 0.4) is 0 Å². The van der Waals surface area contributed by atoms with E-state index in [0.29, 0.717) is 25.2 Å². The van der Waals surface area contributed by atoms with E-state index in [1.54, 1.807) is 0 Å². The van der Waals surface area contributed by atoms with Crippen LogP contribution in [0.5, 0.6) is 0 Å². The first-order valence-electron chi connectivity index (χ1n) is 6.51. The van der Waals surface area contributed by atoms with Gasteiger partial charge in [-0.05, 0) is 6.07 Å². The number of nitro benzene ring substituents is 1. The van der Waals surface area contributed by atoms with Crippen molar-refractivity contribution >= 4 is 11.4 Å². The molecule has 6 nitrogen and oxygen atoms in total. The van der Waals surface area contributed by atoms with Gasteiger partial charge in [-0.1, -0.05) is 0 Å². The number of rotatable bonds is 4. The van der Waals surface area contributed by atoms with Gasteiger partial charge >= 0.3 is 0 Å². The fourth-order valence-electron chi connectivity index (χ4n) is 2.41. The third kappa shape index (κ3) is 3.22. The molecule has 0 spiro atoms. The van der Waals surface area contributed by atoms with Gasteiger partial charge in [0.25, 0.3) is 5.69 Å². The van der Waals surface area contributed by atoms with Crippen molar-refractivity contribution in [1.82, 2.24) is 0 Å². The van der Waals surface area contributed by atoms with Gasteiger partial charge in [0.15, 0.2) is 5.82 Å². The van der Waals surface area contributed by atoms with Crippen LogP contribution in [0, 0.1) is 27.3 Å². The quantitative estimate of drug-likeness (QED) is 0.637. The number of halogens is 1. The number of nitrogens with zero attached hydrogens (tertiary/aromatic N) is 3. The largest absolute Gasteiger partial charge is 0.358 e. The Morgan fingerprint density at radius 1 is 1.45 bits per heavy atom. The van der Waals surface area contributed by atoms with Crippen LogP contribution in [0.1, 0.15) is 6.42 Å². The van der Waals surface area contributed by atoms with Crippen molar-refractivity contribution in [2.24, 2.45) is 0 Å². The van der Waals surface area contributed by atoms with Crippen molar-refractivity contribution in [1.29, 1.82) is 5.26 Å². The van der Waals surface area contributed by atoms with Gasteiger partial charge in [0.1, 0.15) is 0 Å². The van der Waals surface area contributed by atoms with E-state index in [2.05, 4.69) is 6.07 Å². The minimum Gasteiger partial charge on any atom is -0.358 e. The first-order valence-corrected chi connectivity index (χ1v) is 6.51. The molecule has 2 rings (SSSR count). The van der Waals surface area contributed by atoms with Crippen molar-refractivity contribution in [2.75, 3.05) is 37.6 Å². The Morgan fingerprint density at radius 3 is 2.70 bits per heavy atom. The molecule has 0 aromatic heterocycles. The number of nitriles is 1. The summed E-state index contributed by atoms with van der Waals surface area (Å²) in [6.07, 6.45) is 0.529. The van der Waals surface area contributed by atoms with Crippen molar-refractivity contribution in [2.45, 2.75) is 6.42 Å². The molecule has 0 aliphatic carbocycles. The zero-order valence-corrected chi connectivity index (χ0v) is 11.0. The lowest BCUT2D eigenvalue weighted by atomic mass is 10.2. The second-order valence-electron chi connectivity index (χ2n) is 4.79. The monoisotopic (exact) mass is 279 g/mol. The van der Waals surface area contributed by atoms with E-state index in [4.69, 9.17) is 5.26 Å². The topological polar surface area (TPSA) is 74.6 Å². The Hall–Kier alpha value is -2.20. The summed E-state index contributed by atoms with van der Waals surface area (Å²) in [6, 6.07) is 5.88. The number of hydrogen-bond donors (Lipinski definition) is 1. The Kier molecular flexibility index (Phi) is 4.48. The molecule has 1 saturated heterocycles. The summed E-state index contributed by atoms with van der Waals surface area (Å²) >= 11 is 0. The van der Waals surface area contributed by atoms with Crippen LogP contribution in [-0.4, -0.2) is 37.6 Å². The summed E-state index contributed by atoms with van der Waals surface area (Å²) in [5.74, 6) is -0.556. The molecule has 0 saturated carbocycles. The van der Waals surface area contributed by atoms with Crippen LogP contribution < -0.4 is 9.80 Å². The molecule has 1 heterocycles. The predicted molar refractivity (Wildman–Crippen MR) is 71.1 cm³/mol. The first kappa shape index (κ1) is 14.2. The van der Waals surface area contributed by atoms with Crippen LogP contribution >= 0.6 is 0 Å². The van der Waals surface area contributed by atoms with Gasteiger partial charge in [-0.25, -0.2) is 4.39 Å². The number of anilines is 1. The molecule has 106 valence electrons. The molecular weight excluding hydrogens is 263 g/mol. The molecule has 1 aromatic carbocycles. The molecule has 20 heavy (non-hydrogen) atoms. The molecule has 0 bridgehead atoms. The highest BCUT2D eigenvalue weighted by Gasteiger charge is 2.22. The fourth-order valence-corrected chi connectivity index (χ4v) is 2.41. The molecule has 0 unspecified atom stereocenters. The Balaban J connectivity index is 2.00. The van der Waals surface area contributed by atoms with E-state index in [0.717, 1.165) is 25.7 Å². The van der Waals surface area contributed by atoms with Crippen molar-refractivity contribution < 1.29 is 14.2 Å². The molecule has 0 atom stereocenters. The molecule has 7 heteroatoms. The predicted octanol–water partition coefficient (Wildman–Crippen LogP) is 0.352. The van der Waals surface area contributed by atoms with Crippen LogP contribution in [-0.2, 0) is 0 Å². The zero-order chi connectivity index (χ0) is 14.5. The summed E-state index contributed by atoms with van der Waals surface area (Å²) in [5, 5.41) is 19.1. The Morgan fingerprint density at radius 2 is 2.15 bits per heavy atom. The van der Waals surface area contributed by atoms with Gasteiger partial charge in [-0.15, -0.1) is 0 Å². The highest BCUT2D eigenvalue weighted by Crippen LogP contribution is 2.23. The van der Waals surface area contributed by atoms with E-state index in [9.17, 15) is 14.5 Å². The number of quaternary nitrogens is 1. The molecule has 1 aromatic rings. The van der Waals surface area contributed by atoms with Crippen molar-refractivity contribution in [3.63, 3.8) is 0 Å². The van der Waals surface area contributed by atoms with Crippen molar-refractivity contribution in [3.8, 4) is 6.07 Å². The van der Waals surface area contributed by atoms with Crippen LogP contribution in [0.4, 0.5) is 15.8 Å². The highest BCUT2D eigenvalue weighted by atomic mass is 19.1. The molecule has 1 fully saturated rings. The summed E-state index contributed by atoms with van der Waals surface area (Å²) in [6.45, 7) is 3.88. The summed E-state index contributed by atoms with van der Waals surface area (Å²) < 4.78 is 13.9. The van der Waals surface area contributed by atoms with Crippen molar-refractivity contribution in [3.05, 3.63) is 34.1 Å². The van der Waals surface area contributed by atoms with Gasteiger partial charge in [-0.3, -0.25) is 10.1 Å². The normalized spacial score (nSPS) is 15.9. The van der Waals surface area contributed by atoms with Gasteiger partial charge in [0, 0.05) is 6.07 Å². The molecule has 0 radical (unpaired) electrons. The average Bonchev–Trinajstić information content (AvgIpc) is 2.45. The van der Waals surface area contributed by atoms with E-state index in [-0.39, 0.29) is 5.69 Å². The lowest BCUT2D eigenvalue weighted by Crippen LogP contribution is -3.14. The van der Waals surface area contributed by atoms with E-state index < -0.39 is 10.7 Å². The third-order valence-electron chi connectivity index (χ3n) is 3.54. The molecule has 1 aliphatic rings. The molecule has 0 amide bonds. The number of nitrogens with one attached hydrogen (secondary N) is 1. The standard InChI is InChI=1S/C13H15FN4O2/c14-12-10-11(18(19)20)2-3-13(12)17-8-6-16(7-9-17)5-1-4-15/h2-3,10H,1,5-9H2/p+1. The second-order valence-corrected chi connectivity index (χ2v) is 4.79. The Labute approximate surface area is 116 Å². The molecule has 1 aliphatic heterocycles. The van der Waals surface area contributed by atoms with E-state index in [1.807, 2.05) is 4.90 Å². The second kappa shape index (κ2) is 6.30. The minimum atomic E-state index is -0.600. The van der Waals surface area contributed by atoms with E-state index >= 15 is 0 Å². The smallest absolute Gasteiger partial charge is 0.272 e. The van der Waals surface area contributed by atoms with Gasteiger partial charge < -0.3 is 9.80 Å². The number of benzene rings is 1. The number of piperazine rings is 1. The SMILES string of the molecule is N#CCC[NH+]1CCN(c2ccc([N+](=O)[O-])cc2F)CC1. The Bertz CT molecular complexity index is 536. The molecular formula is C13H16FN4O2+. The lowest BCUT2D eigenvalue weighted by molar-refractivity contribution is -0.900. The maximum atomic E-state index is 13.9. The number of hydrogen-bond acceptors (Lipinski definition) is 4. The van der Waals surface area contributed by atoms with Crippen LogP contribution in [0.15, 0.2) is 18.2 Å². The number of nitro groups is 1. The first-order chi connectivity index (χ1) is 9.61. The molecule has 1 N–H and O–H groups in total. The maximum absolute atomic E-state index is 13.9. The third-order valence-corrected chi connectivity index (χ3v) is 3.54. The van der Waals surface area contributed by atoms with Gasteiger partial charge in [0.2, 0.25) is 0 Å². The maximum Gasteiger partial charge on any atom is 0.272 e. The van der Waals surface area contributed by atoms with E-state index in [1.165, 1.54) is 17.0 Å². The van der Waals surface area contributed by atoms with Crippen LogP contribution in [0.25, 0.3) is 0 Å². The average molecular weight is 279 g/mol. The zero-order valence-electron chi connectivity index (χ0n) is 11.0. The fraction of sp³-hybridized carbons (Fsp3) is 0.462. The van der Waals surface area contributed by atoms with Crippen LogP contribution in [0.2, 0.25) is 0 Å². The summed E-state index contributed by atoms with van der Waals surface area (Å²) in [5.41, 5.74) is 0.180. The van der Waals surface area contributed by atoms with Gasteiger partial charge in [0.05, 0.1) is 61.9 Å².